The zero-order valence-electron chi connectivity index (χ0n) is 9.91. The van der Waals surface area contributed by atoms with Gasteiger partial charge < -0.3 is 4.90 Å². The summed E-state index contributed by atoms with van der Waals surface area (Å²) >= 11 is 0. The summed E-state index contributed by atoms with van der Waals surface area (Å²) < 4.78 is 0. The van der Waals surface area contributed by atoms with Crippen molar-refractivity contribution in [3.05, 3.63) is 0 Å². The first-order valence-corrected chi connectivity index (χ1v) is 6.09. The molecule has 15 heavy (non-hydrogen) atoms. The topological polar surface area (TPSA) is 23.6 Å². The van der Waals surface area contributed by atoms with Crippen LogP contribution in [-0.4, -0.2) is 54.9 Å². The Morgan fingerprint density at radius 3 is 2.33 bits per heavy atom. The maximum atomic E-state index is 11.2. The second-order valence-electron chi connectivity index (χ2n) is 5.17. The van der Waals surface area contributed by atoms with Gasteiger partial charge in [0, 0.05) is 24.9 Å². The van der Waals surface area contributed by atoms with Crippen LogP contribution < -0.4 is 0 Å². The molecule has 3 nitrogen and oxygen atoms in total. The molecule has 0 aromatic carbocycles. The molecule has 0 radical (unpaired) electrons. The smallest absolute Gasteiger partial charge is 0.134 e. The molecular weight excluding hydrogens is 188 g/mol. The number of rotatable bonds is 2. The molecule has 0 spiro atoms. The maximum Gasteiger partial charge on any atom is 0.134 e. The third-order valence-electron chi connectivity index (χ3n) is 3.97. The van der Waals surface area contributed by atoms with Gasteiger partial charge in [-0.3, -0.25) is 9.69 Å². The van der Waals surface area contributed by atoms with Gasteiger partial charge in [-0.2, -0.15) is 0 Å². The Labute approximate surface area is 92.4 Å². The van der Waals surface area contributed by atoms with E-state index in [4.69, 9.17) is 0 Å². The van der Waals surface area contributed by atoms with Crippen LogP contribution in [0.4, 0.5) is 0 Å². The molecule has 0 N–H and O–H groups in total. The third kappa shape index (κ3) is 2.58. The van der Waals surface area contributed by atoms with Gasteiger partial charge in [0.2, 0.25) is 0 Å². The molecule has 1 saturated carbocycles. The largest absolute Gasteiger partial charge is 0.306 e. The SMILES string of the molecule is CN(C)C1CCN(C2CCC(=O)C2)CC1. The second kappa shape index (κ2) is 4.62. The predicted molar refractivity (Wildman–Crippen MR) is 60.9 cm³/mol. The molecule has 0 aromatic rings. The normalized spacial score (nSPS) is 30.3. The Bertz CT molecular complexity index is 232. The standard InChI is InChI=1S/C12H22N2O/c1-13(2)10-5-7-14(8-6-10)11-3-4-12(15)9-11/h10-11H,3-9H2,1-2H3. The average Bonchev–Trinajstić information content (AvgIpc) is 2.65. The highest BCUT2D eigenvalue weighted by atomic mass is 16.1. The van der Waals surface area contributed by atoms with Crippen molar-refractivity contribution in [1.29, 1.82) is 0 Å². The van der Waals surface area contributed by atoms with Crippen LogP contribution in [-0.2, 0) is 4.79 Å². The van der Waals surface area contributed by atoms with Crippen LogP contribution >= 0.6 is 0 Å². The van der Waals surface area contributed by atoms with E-state index in [1.165, 1.54) is 25.9 Å². The monoisotopic (exact) mass is 210 g/mol. The fourth-order valence-corrected chi connectivity index (χ4v) is 2.87. The lowest BCUT2D eigenvalue weighted by molar-refractivity contribution is -0.117. The summed E-state index contributed by atoms with van der Waals surface area (Å²) in [6.45, 7) is 2.36. The van der Waals surface area contributed by atoms with Crippen molar-refractivity contribution >= 4 is 5.78 Å². The van der Waals surface area contributed by atoms with Crippen LogP contribution in [0.2, 0.25) is 0 Å². The molecule has 1 saturated heterocycles. The van der Waals surface area contributed by atoms with Gasteiger partial charge in [-0.15, -0.1) is 0 Å². The van der Waals surface area contributed by atoms with Crippen LogP contribution in [0.25, 0.3) is 0 Å². The lowest BCUT2D eigenvalue weighted by atomic mass is 10.0. The van der Waals surface area contributed by atoms with E-state index < -0.39 is 0 Å². The minimum Gasteiger partial charge on any atom is -0.306 e. The van der Waals surface area contributed by atoms with E-state index in [1.54, 1.807) is 0 Å². The number of likely N-dealkylation sites (tertiary alicyclic amines) is 1. The number of nitrogens with zero attached hydrogens (tertiary/aromatic N) is 2. The van der Waals surface area contributed by atoms with Crippen molar-refractivity contribution in [2.75, 3.05) is 27.2 Å². The summed E-state index contributed by atoms with van der Waals surface area (Å²) in [7, 11) is 4.33. The molecule has 2 fully saturated rings. The maximum absolute atomic E-state index is 11.2. The molecular formula is C12H22N2O. The van der Waals surface area contributed by atoms with Gasteiger partial charge in [0.1, 0.15) is 5.78 Å². The highest BCUT2D eigenvalue weighted by Gasteiger charge is 2.30. The number of carbonyl (C=O) groups excluding carboxylic acids is 1. The Balaban J connectivity index is 1.80. The van der Waals surface area contributed by atoms with Gasteiger partial charge in [-0.05, 0) is 46.4 Å². The van der Waals surface area contributed by atoms with Gasteiger partial charge in [0.15, 0.2) is 0 Å². The number of hydrogen-bond acceptors (Lipinski definition) is 3. The Morgan fingerprint density at radius 1 is 1.20 bits per heavy atom. The number of Topliss-reactive ketones (excluding diaryl/α,β-unsaturated/α-hetero) is 1. The number of piperidine rings is 1. The quantitative estimate of drug-likeness (QED) is 0.683. The fraction of sp³-hybridized carbons (Fsp3) is 0.917. The van der Waals surface area contributed by atoms with Gasteiger partial charge in [-0.25, -0.2) is 0 Å². The summed E-state index contributed by atoms with van der Waals surface area (Å²) in [4.78, 5) is 16.1. The molecule has 1 heterocycles. The van der Waals surface area contributed by atoms with Gasteiger partial charge in [-0.1, -0.05) is 0 Å². The molecule has 2 aliphatic rings. The first kappa shape index (κ1) is 11.1. The summed E-state index contributed by atoms with van der Waals surface area (Å²) in [5.74, 6) is 0.467. The fourth-order valence-electron chi connectivity index (χ4n) is 2.87. The minimum atomic E-state index is 0.467. The summed E-state index contributed by atoms with van der Waals surface area (Å²) in [5.41, 5.74) is 0. The van der Waals surface area contributed by atoms with E-state index in [1.807, 2.05) is 0 Å². The molecule has 0 amide bonds. The third-order valence-corrected chi connectivity index (χ3v) is 3.97. The first-order chi connectivity index (χ1) is 7.16. The molecule has 1 unspecified atom stereocenters. The van der Waals surface area contributed by atoms with E-state index >= 15 is 0 Å². The molecule has 0 aromatic heterocycles. The minimum absolute atomic E-state index is 0.467. The molecule has 0 bridgehead atoms. The van der Waals surface area contributed by atoms with Crippen LogP contribution in [0.1, 0.15) is 32.1 Å². The molecule has 1 aliphatic carbocycles. The molecule has 3 heteroatoms. The zero-order chi connectivity index (χ0) is 10.8. The Kier molecular flexibility index (Phi) is 3.42. The van der Waals surface area contributed by atoms with Crippen LogP contribution in [0.5, 0.6) is 0 Å². The lowest BCUT2D eigenvalue weighted by Crippen LogP contribution is -2.45. The van der Waals surface area contributed by atoms with Crippen molar-refractivity contribution in [2.45, 2.75) is 44.2 Å². The number of ketones is 1. The molecule has 2 rings (SSSR count). The van der Waals surface area contributed by atoms with Gasteiger partial charge in [0.25, 0.3) is 0 Å². The Morgan fingerprint density at radius 2 is 1.87 bits per heavy atom. The molecule has 1 atom stereocenters. The first-order valence-electron chi connectivity index (χ1n) is 6.09. The van der Waals surface area contributed by atoms with Crippen LogP contribution in [0.3, 0.4) is 0 Å². The lowest BCUT2D eigenvalue weighted by Gasteiger charge is -2.38. The highest BCUT2D eigenvalue weighted by molar-refractivity contribution is 5.81. The molecule has 86 valence electrons. The number of carbonyl (C=O) groups is 1. The predicted octanol–water partition coefficient (Wildman–Crippen LogP) is 1.13. The zero-order valence-corrected chi connectivity index (χ0v) is 9.91. The van der Waals surface area contributed by atoms with E-state index in [-0.39, 0.29) is 0 Å². The van der Waals surface area contributed by atoms with Gasteiger partial charge in [0.05, 0.1) is 0 Å². The van der Waals surface area contributed by atoms with E-state index in [0.717, 1.165) is 25.3 Å². The van der Waals surface area contributed by atoms with E-state index in [0.29, 0.717) is 11.8 Å². The number of hydrogen-bond donors (Lipinski definition) is 0. The average molecular weight is 210 g/mol. The summed E-state index contributed by atoms with van der Waals surface area (Å²) in [6.07, 6.45) is 5.26. The van der Waals surface area contributed by atoms with Crippen LogP contribution in [0, 0.1) is 0 Å². The molecule has 1 aliphatic heterocycles. The van der Waals surface area contributed by atoms with Crippen molar-refractivity contribution < 1.29 is 4.79 Å². The Hall–Kier alpha value is -0.410. The highest BCUT2D eigenvalue weighted by Crippen LogP contribution is 2.24. The van der Waals surface area contributed by atoms with Crippen molar-refractivity contribution in [3.8, 4) is 0 Å². The summed E-state index contributed by atoms with van der Waals surface area (Å²) in [5, 5.41) is 0. The van der Waals surface area contributed by atoms with E-state index in [2.05, 4.69) is 23.9 Å². The van der Waals surface area contributed by atoms with Crippen molar-refractivity contribution in [1.82, 2.24) is 9.80 Å². The summed E-state index contributed by atoms with van der Waals surface area (Å²) in [6, 6.07) is 1.32. The van der Waals surface area contributed by atoms with Crippen molar-refractivity contribution in [2.24, 2.45) is 0 Å². The second-order valence-corrected chi connectivity index (χ2v) is 5.17. The van der Waals surface area contributed by atoms with Crippen LogP contribution in [0.15, 0.2) is 0 Å². The van der Waals surface area contributed by atoms with Gasteiger partial charge >= 0.3 is 0 Å². The van der Waals surface area contributed by atoms with Crippen molar-refractivity contribution in [3.63, 3.8) is 0 Å². The van der Waals surface area contributed by atoms with E-state index in [9.17, 15) is 4.79 Å².